The number of hydrogen-bond donors (Lipinski definition) is 1. The Morgan fingerprint density at radius 1 is 1.14 bits per heavy atom. The summed E-state index contributed by atoms with van der Waals surface area (Å²) in [5.41, 5.74) is 1.11. The summed E-state index contributed by atoms with van der Waals surface area (Å²) in [6.07, 6.45) is 1.73. The van der Waals surface area contributed by atoms with Gasteiger partial charge in [0.05, 0.1) is 12.3 Å². The number of nitrogens with one attached hydrogen (secondary N) is 1. The minimum atomic E-state index is -0.148. The van der Waals surface area contributed by atoms with E-state index >= 15 is 0 Å². The number of carbonyl (C=O) groups is 2. The van der Waals surface area contributed by atoms with Gasteiger partial charge in [0.1, 0.15) is 6.54 Å². The van der Waals surface area contributed by atoms with Crippen LogP contribution in [0.1, 0.15) is 16.1 Å². The van der Waals surface area contributed by atoms with E-state index in [1.54, 1.807) is 42.1 Å². The average molecular weight is 286 g/mol. The van der Waals surface area contributed by atoms with Crippen LogP contribution in [0, 0.1) is 0 Å². The van der Waals surface area contributed by atoms with Crippen LogP contribution in [-0.4, -0.2) is 36.5 Å². The summed E-state index contributed by atoms with van der Waals surface area (Å²) in [5, 5.41) is 2.73. The maximum absolute atomic E-state index is 12.4. The quantitative estimate of drug-likeness (QED) is 0.619. The van der Waals surface area contributed by atoms with E-state index in [0.29, 0.717) is 24.4 Å². The smallest absolute Gasteiger partial charge is 0.240 e. The lowest BCUT2D eigenvalue weighted by molar-refractivity contribution is -0.121. The largest absolute Gasteiger partial charge is 0.383 e. The first-order valence-electron chi connectivity index (χ1n) is 6.73. The van der Waals surface area contributed by atoms with Crippen molar-refractivity contribution in [1.29, 1.82) is 0 Å². The van der Waals surface area contributed by atoms with Crippen LogP contribution in [0.4, 0.5) is 0 Å². The molecule has 1 amide bonds. The highest BCUT2D eigenvalue weighted by molar-refractivity contribution is 6.08. The van der Waals surface area contributed by atoms with Crippen LogP contribution in [-0.2, 0) is 16.1 Å². The highest BCUT2D eigenvalue weighted by Crippen LogP contribution is 2.10. The Kier molecular flexibility index (Phi) is 5.29. The Morgan fingerprint density at radius 3 is 2.62 bits per heavy atom. The zero-order chi connectivity index (χ0) is 15.1. The maximum Gasteiger partial charge on any atom is 0.240 e. The van der Waals surface area contributed by atoms with E-state index in [1.165, 1.54) is 0 Å². The molecule has 0 saturated heterocycles. The van der Waals surface area contributed by atoms with E-state index in [2.05, 4.69) is 5.32 Å². The molecule has 5 heteroatoms. The average Bonchev–Trinajstić information content (AvgIpc) is 2.95. The van der Waals surface area contributed by atoms with Crippen LogP contribution in [0.25, 0.3) is 0 Å². The second-order valence-electron chi connectivity index (χ2n) is 4.56. The van der Waals surface area contributed by atoms with Gasteiger partial charge < -0.3 is 14.6 Å². The Bertz CT molecular complexity index is 605. The summed E-state index contributed by atoms with van der Waals surface area (Å²) in [4.78, 5) is 24.2. The number of methoxy groups -OCH3 is 1. The molecular formula is C16H18N2O3. The molecule has 1 aromatic carbocycles. The Morgan fingerprint density at radius 2 is 1.90 bits per heavy atom. The molecule has 5 nitrogen and oxygen atoms in total. The molecule has 0 aliphatic rings. The predicted molar refractivity (Wildman–Crippen MR) is 79.2 cm³/mol. The van der Waals surface area contributed by atoms with Crippen molar-refractivity contribution in [2.75, 3.05) is 20.3 Å². The molecule has 0 saturated carbocycles. The molecule has 2 aromatic rings. The van der Waals surface area contributed by atoms with E-state index in [0.717, 1.165) is 0 Å². The van der Waals surface area contributed by atoms with Gasteiger partial charge in [-0.3, -0.25) is 9.59 Å². The van der Waals surface area contributed by atoms with E-state index in [1.807, 2.05) is 18.2 Å². The van der Waals surface area contributed by atoms with Crippen LogP contribution in [0.2, 0.25) is 0 Å². The summed E-state index contributed by atoms with van der Waals surface area (Å²) in [6, 6.07) is 12.5. The highest BCUT2D eigenvalue weighted by Gasteiger charge is 2.14. The molecule has 2 rings (SSSR count). The highest BCUT2D eigenvalue weighted by atomic mass is 16.5. The molecule has 1 aromatic heterocycles. The van der Waals surface area contributed by atoms with E-state index in [9.17, 15) is 9.59 Å². The number of ketones is 1. The van der Waals surface area contributed by atoms with Gasteiger partial charge in [0.15, 0.2) is 0 Å². The van der Waals surface area contributed by atoms with Crippen molar-refractivity contribution in [1.82, 2.24) is 9.88 Å². The monoisotopic (exact) mass is 286 g/mol. The van der Waals surface area contributed by atoms with E-state index < -0.39 is 0 Å². The SMILES string of the molecule is COCCNC(=O)Cn1cccc1C(=O)c1ccccc1. The molecule has 0 fully saturated rings. The molecule has 110 valence electrons. The van der Waals surface area contributed by atoms with Crippen molar-refractivity contribution in [2.24, 2.45) is 0 Å². The second kappa shape index (κ2) is 7.40. The number of nitrogens with zero attached hydrogens (tertiary/aromatic N) is 1. The second-order valence-corrected chi connectivity index (χ2v) is 4.56. The lowest BCUT2D eigenvalue weighted by atomic mass is 10.1. The Hall–Kier alpha value is -2.40. The molecule has 0 aliphatic carbocycles. The van der Waals surface area contributed by atoms with Gasteiger partial charge in [-0.05, 0) is 12.1 Å². The fraction of sp³-hybridized carbons (Fsp3) is 0.250. The lowest BCUT2D eigenvalue weighted by Gasteiger charge is -2.09. The predicted octanol–water partition coefficient (Wildman–Crippen LogP) is 1.48. The third kappa shape index (κ3) is 4.03. The van der Waals surface area contributed by atoms with Gasteiger partial charge >= 0.3 is 0 Å². The number of carbonyl (C=O) groups excluding carboxylic acids is 2. The maximum atomic E-state index is 12.4. The zero-order valence-electron chi connectivity index (χ0n) is 11.9. The Labute approximate surface area is 123 Å². The van der Waals surface area contributed by atoms with Crippen molar-refractivity contribution >= 4 is 11.7 Å². The van der Waals surface area contributed by atoms with Crippen molar-refractivity contribution in [2.45, 2.75) is 6.54 Å². The standard InChI is InChI=1S/C16H18N2O3/c1-21-11-9-17-15(19)12-18-10-5-8-14(18)16(20)13-6-3-2-4-7-13/h2-8,10H,9,11-12H2,1H3,(H,17,19). The first kappa shape index (κ1) is 15.0. The van der Waals surface area contributed by atoms with Gasteiger partial charge in [-0.1, -0.05) is 30.3 Å². The molecule has 0 radical (unpaired) electrons. The van der Waals surface area contributed by atoms with Crippen molar-refractivity contribution in [3.63, 3.8) is 0 Å². The van der Waals surface area contributed by atoms with Gasteiger partial charge in [0.2, 0.25) is 11.7 Å². The van der Waals surface area contributed by atoms with Crippen molar-refractivity contribution < 1.29 is 14.3 Å². The van der Waals surface area contributed by atoms with E-state index in [-0.39, 0.29) is 18.2 Å². The fourth-order valence-corrected chi connectivity index (χ4v) is 2.00. The number of ether oxygens (including phenoxy) is 1. The first-order valence-corrected chi connectivity index (χ1v) is 6.73. The molecule has 0 spiro atoms. The van der Waals surface area contributed by atoms with Crippen LogP contribution in [0.5, 0.6) is 0 Å². The number of hydrogen-bond acceptors (Lipinski definition) is 3. The van der Waals surface area contributed by atoms with Crippen LogP contribution >= 0.6 is 0 Å². The van der Waals surface area contributed by atoms with Crippen molar-refractivity contribution in [3.8, 4) is 0 Å². The molecule has 0 atom stereocenters. The number of aromatic nitrogens is 1. The van der Waals surface area contributed by atoms with Gasteiger partial charge in [0.25, 0.3) is 0 Å². The van der Waals surface area contributed by atoms with E-state index in [4.69, 9.17) is 4.74 Å². The summed E-state index contributed by atoms with van der Waals surface area (Å²) in [5.74, 6) is -0.240. The molecule has 0 unspecified atom stereocenters. The third-order valence-corrected chi connectivity index (χ3v) is 3.04. The third-order valence-electron chi connectivity index (χ3n) is 3.04. The van der Waals surface area contributed by atoms with Crippen molar-refractivity contribution in [3.05, 3.63) is 59.9 Å². The molecular weight excluding hydrogens is 268 g/mol. The van der Waals surface area contributed by atoms with Gasteiger partial charge in [-0.15, -0.1) is 0 Å². The van der Waals surface area contributed by atoms with Crippen LogP contribution in [0.15, 0.2) is 48.7 Å². The molecule has 21 heavy (non-hydrogen) atoms. The van der Waals surface area contributed by atoms with Crippen LogP contribution < -0.4 is 5.32 Å². The minimum Gasteiger partial charge on any atom is -0.383 e. The molecule has 0 aliphatic heterocycles. The van der Waals surface area contributed by atoms with Gasteiger partial charge in [-0.2, -0.15) is 0 Å². The number of rotatable bonds is 7. The Balaban J connectivity index is 2.05. The summed E-state index contributed by atoms with van der Waals surface area (Å²) in [6.45, 7) is 1.04. The summed E-state index contributed by atoms with van der Waals surface area (Å²) < 4.78 is 6.52. The van der Waals surface area contributed by atoms with Gasteiger partial charge in [-0.25, -0.2) is 0 Å². The fourth-order valence-electron chi connectivity index (χ4n) is 2.00. The topological polar surface area (TPSA) is 60.3 Å². The summed E-state index contributed by atoms with van der Waals surface area (Å²) in [7, 11) is 1.58. The normalized spacial score (nSPS) is 10.3. The minimum absolute atomic E-state index is 0.0923. The molecule has 1 N–H and O–H groups in total. The van der Waals surface area contributed by atoms with Crippen LogP contribution in [0.3, 0.4) is 0 Å². The first-order chi connectivity index (χ1) is 10.2. The number of amides is 1. The molecule has 1 heterocycles. The zero-order valence-corrected chi connectivity index (χ0v) is 11.9. The number of benzene rings is 1. The molecule has 0 bridgehead atoms. The summed E-state index contributed by atoms with van der Waals surface area (Å²) >= 11 is 0. The van der Waals surface area contributed by atoms with Gasteiger partial charge in [0, 0.05) is 25.4 Å². The lowest BCUT2D eigenvalue weighted by Crippen LogP contribution is -2.31.